The van der Waals surface area contributed by atoms with Crippen LogP contribution in [0.5, 0.6) is 0 Å². The normalized spacial score (nSPS) is 10.1. The Morgan fingerprint density at radius 1 is 1.06 bits per heavy atom. The van der Waals surface area contributed by atoms with Crippen molar-refractivity contribution >= 4 is 23.0 Å². The monoisotopic (exact) mass is 245 g/mol. The Balaban J connectivity index is 2.18. The van der Waals surface area contributed by atoms with Gasteiger partial charge in [-0.3, -0.25) is 4.79 Å². The number of hydrogen-bond acceptors (Lipinski definition) is 3. The zero-order valence-electron chi connectivity index (χ0n) is 9.48. The number of carbonyl (C=O) groups excluding carboxylic acids is 1. The number of halogens is 1. The van der Waals surface area contributed by atoms with E-state index in [0.717, 1.165) is 6.07 Å². The Labute approximate surface area is 103 Å². The summed E-state index contributed by atoms with van der Waals surface area (Å²) in [6, 6.07) is 10.3. The molecule has 0 saturated carbocycles. The van der Waals surface area contributed by atoms with Crippen molar-refractivity contribution in [2.75, 3.05) is 16.8 Å². The second-order valence-electron chi connectivity index (χ2n) is 3.81. The summed E-state index contributed by atoms with van der Waals surface area (Å²) in [5.74, 6) is -0.772. The fourth-order valence-corrected chi connectivity index (χ4v) is 1.48. The van der Waals surface area contributed by atoms with Gasteiger partial charge in [0.2, 0.25) is 0 Å². The minimum absolute atomic E-state index is 0.179. The Morgan fingerprint density at radius 2 is 1.72 bits per heavy atom. The summed E-state index contributed by atoms with van der Waals surface area (Å²) in [5.41, 5.74) is 12.7. The van der Waals surface area contributed by atoms with Crippen molar-refractivity contribution in [1.82, 2.24) is 0 Å². The van der Waals surface area contributed by atoms with Crippen LogP contribution in [-0.4, -0.2) is 5.91 Å². The third kappa shape index (κ3) is 2.57. The lowest BCUT2D eigenvalue weighted by Gasteiger charge is -2.08. The van der Waals surface area contributed by atoms with Gasteiger partial charge in [-0.1, -0.05) is 0 Å². The third-order valence-corrected chi connectivity index (χ3v) is 2.43. The summed E-state index contributed by atoms with van der Waals surface area (Å²) in [6.07, 6.45) is 0. The molecule has 4 nitrogen and oxygen atoms in total. The molecular formula is C13H12FN3O. The predicted molar refractivity (Wildman–Crippen MR) is 69.6 cm³/mol. The molecule has 0 heterocycles. The largest absolute Gasteiger partial charge is 0.399 e. The molecule has 0 spiro atoms. The first-order chi connectivity index (χ1) is 8.56. The molecule has 92 valence electrons. The molecule has 0 bridgehead atoms. The Hall–Kier alpha value is -2.56. The highest BCUT2D eigenvalue weighted by Gasteiger charge is 2.08. The van der Waals surface area contributed by atoms with E-state index in [1.807, 2.05) is 0 Å². The Bertz CT molecular complexity index is 581. The maximum atomic E-state index is 12.8. The minimum atomic E-state index is -0.446. The van der Waals surface area contributed by atoms with Crippen molar-refractivity contribution in [3.8, 4) is 0 Å². The van der Waals surface area contributed by atoms with Gasteiger partial charge in [-0.15, -0.1) is 0 Å². The van der Waals surface area contributed by atoms with Gasteiger partial charge in [-0.25, -0.2) is 4.39 Å². The molecule has 5 heteroatoms. The smallest absolute Gasteiger partial charge is 0.255 e. The number of rotatable bonds is 2. The number of benzene rings is 2. The van der Waals surface area contributed by atoms with Gasteiger partial charge >= 0.3 is 0 Å². The molecule has 5 N–H and O–H groups in total. The van der Waals surface area contributed by atoms with Crippen LogP contribution in [-0.2, 0) is 0 Å². The van der Waals surface area contributed by atoms with Crippen LogP contribution < -0.4 is 16.8 Å². The maximum Gasteiger partial charge on any atom is 0.255 e. The predicted octanol–water partition coefficient (Wildman–Crippen LogP) is 2.24. The van der Waals surface area contributed by atoms with E-state index in [1.165, 1.54) is 12.1 Å². The van der Waals surface area contributed by atoms with Gasteiger partial charge in [0.25, 0.3) is 5.91 Å². The van der Waals surface area contributed by atoms with Gasteiger partial charge in [0.1, 0.15) is 5.82 Å². The number of nitrogens with two attached hydrogens (primary N) is 2. The molecule has 0 aliphatic carbocycles. The van der Waals surface area contributed by atoms with Gasteiger partial charge in [-0.2, -0.15) is 0 Å². The fourth-order valence-electron chi connectivity index (χ4n) is 1.48. The molecule has 2 aromatic carbocycles. The van der Waals surface area contributed by atoms with E-state index in [4.69, 9.17) is 11.5 Å². The highest BCUT2D eigenvalue weighted by atomic mass is 19.1. The second kappa shape index (κ2) is 4.75. The number of carbonyl (C=O) groups is 1. The van der Waals surface area contributed by atoms with E-state index < -0.39 is 5.82 Å². The average Bonchev–Trinajstić information content (AvgIpc) is 2.33. The lowest BCUT2D eigenvalue weighted by Crippen LogP contribution is -2.13. The first kappa shape index (κ1) is 11.9. The van der Waals surface area contributed by atoms with Crippen molar-refractivity contribution in [3.05, 3.63) is 53.8 Å². The van der Waals surface area contributed by atoms with E-state index in [0.29, 0.717) is 16.9 Å². The first-order valence-electron chi connectivity index (χ1n) is 5.28. The molecule has 0 aliphatic rings. The zero-order valence-corrected chi connectivity index (χ0v) is 9.48. The van der Waals surface area contributed by atoms with Gasteiger partial charge in [0, 0.05) is 11.3 Å². The summed E-state index contributed by atoms with van der Waals surface area (Å²) < 4.78 is 12.8. The van der Waals surface area contributed by atoms with Gasteiger partial charge in [0.05, 0.1) is 11.4 Å². The second-order valence-corrected chi connectivity index (χ2v) is 3.81. The van der Waals surface area contributed by atoms with Crippen molar-refractivity contribution in [2.45, 2.75) is 0 Å². The quantitative estimate of drug-likeness (QED) is 0.710. The van der Waals surface area contributed by atoms with Crippen LogP contribution in [0.4, 0.5) is 21.5 Å². The highest BCUT2D eigenvalue weighted by Crippen LogP contribution is 2.20. The molecule has 1 amide bonds. The van der Waals surface area contributed by atoms with Gasteiger partial charge in [-0.05, 0) is 42.5 Å². The number of nitrogens with one attached hydrogen (secondary N) is 1. The molecule has 18 heavy (non-hydrogen) atoms. The van der Waals surface area contributed by atoms with Crippen molar-refractivity contribution in [3.63, 3.8) is 0 Å². The molecule has 2 aromatic rings. The molecule has 0 aromatic heterocycles. The van der Waals surface area contributed by atoms with Crippen LogP contribution in [0.3, 0.4) is 0 Å². The number of anilines is 3. The standard InChI is InChI=1S/C13H12FN3O/c14-9-3-6-12(11(16)7-9)17-13(18)8-1-4-10(15)5-2-8/h1-7H,15-16H2,(H,17,18). The van der Waals surface area contributed by atoms with Crippen LogP contribution in [0.15, 0.2) is 42.5 Å². The average molecular weight is 245 g/mol. The zero-order chi connectivity index (χ0) is 13.1. The number of amides is 1. The molecular weight excluding hydrogens is 233 g/mol. The van der Waals surface area contributed by atoms with Crippen molar-refractivity contribution < 1.29 is 9.18 Å². The summed E-state index contributed by atoms with van der Waals surface area (Å²) >= 11 is 0. The van der Waals surface area contributed by atoms with E-state index in [1.54, 1.807) is 24.3 Å². The van der Waals surface area contributed by atoms with Crippen LogP contribution >= 0.6 is 0 Å². The van der Waals surface area contributed by atoms with E-state index in [2.05, 4.69) is 5.32 Å². The summed E-state index contributed by atoms with van der Waals surface area (Å²) in [5, 5.41) is 2.60. The topological polar surface area (TPSA) is 81.1 Å². The number of nitrogen functional groups attached to an aromatic ring is 2. The molecule has 0 aliphatic heterocycles. The molecule has 0 saturated heterocycles. The molecule has 0 atom stereocenters. The Morgan fingerprint density at radius 3 is 2.33 bits per heavy atom. The van der Waals surface area contributed by atoms with E-state index in [9.17, 15) is 9.18 Å². The fraction of sp³-hybridized carbons (Fsp3) is 0. The van der Waals surface area contributed by atoms with E-state index in [-0.39, 0.29) is 11.6 Å². The summed E-state index contributed by atoms with van der Waals surface area (Å²) in [4.78, 5) is 11.9. The first-order valence-corrected chi connectivity index (χ1v) is 5.28. The van der Waals surface area contributed by atoms with Crippen molar-refractivity contribution in [2.24, 2.45) is 0 Å². The van der Waals surface area contributed by atoms with Crippen LogP contribution in [0, 0.1) is 5.82 Å². The lowest BCUT2D eigenvalue weighted by molar-refractivity contribution is 0.102. The Kier molecular flexibility index (Phi) is 3.14. The van der Waals surface area contributed by atoms with Gasteiger partial charge < -0.3 is 16.8 Å². The highest BCUT2D eigenvalue weighted by molar-refractivity contribution is 6.05. The third-order valence-electron chi connectivity index (χ3n) is 2.43. The van der Waals surface area contributed by atoms with Crippen molar-refractivity contribution in [1.29, 1.82) is 0 Å². The maximum absolute atomic E-state index is 12.8. The number of hydrogen-bond donors (Lipinski definition) is 3. The summed E-state index contributed by atoms with van der Waals surface area (Å²) in [7, 11) is 0. The van der Waals surface area contributed by atoms with Crippen LogP contribution in [0.1, 0.15) is 10.4 Å². The summed E-state index contributed by atoms with van der Waals surface area (Å²) in [6.45, 7) is 0. The van der Waals surface area contributed by atoms with Crippen LogP contribution in [0.2, 0.25) is 0 Å². The van der Waals surface area contributed by atoms with E-state index >= 15 is 0 Å². The van der Waals surface area contributed by atoms with Gasteiger partial charge in [0.15, 0.2) is 0 Å². The molecule has 0 unspecified atom stereocenters. The lowest BCUT2D eigenvalue weighted by atomic mass is 10.2. The molecule has 0 fully saturated rings. The SMILES string of the molecule is Nc1ccc(C(=O)Nc2ccc(F)cc2N)cc1. The van der Waals surface area contributed by atoms with Crippen LogP contribution in [0.25, 0.3) is 0 Å². The minimum Gasteiger partial charge on any atom is -0.399 e. The molecule has 0 radical (unpaired) electrons. The molecule has 2 rings (SSSR count).